The van der Waals surface area contributed by atoms with Gasteiger partial charge in [-0.15, -0.1) is 0 Å². The molecule has 1 aliphatic heterocycles. The van der Waals surface area contributed by atoms with Gasteiger partial charge < -0.3 is 10.2 Å². The zero-order chi connectivity index (χ0) is 14.5. The minimum absolute atomic E-state index is 0.494. The van der Waals surface area contributed by atoms with Gasteiger partial charge in [-0.1, -0.05) is 39.8 Å². The standard InChI is InChI=1S/C18H30N2/c1-5-18(19-6-2)16-7-9-17(10-8-16)20-12-14(3)11-15(4)13-20/h7-10,14-15,18-19H,5-6,11-13H2,1-4H3. The third-order valence-corrected chi connectivity index (χ3v) is 4.39. The highest BCUT2D eigenvalue weighted by molar-refractivity contribution is 5.48. The first-order valence-electron chi connectivity index (χ1n) is 8.22. The monoisotopic (exact) mass is 274 g/mol. The number of hydrogen-bond acceptors (Lipinski definition) is 2. The summed E-state index contributed by atoms with van der Waals surface area (Å²) in [5.74, 6) is 1.62. The van der Waals surface area contributed by atoms with Gasteiger partial charge in [-0.25, -0.2) is 0 Å². The lowest BCUT2D eigenvalue weighted by Gasteiger charge is -2.36. The van der Waals surface area contributed by atoms with Crippen LogP contribution in [0.15, 0.2) is 24.3 Å². The summed E-state index contributed by atoms with van der Waals surface area (Å²) in [5, 5.41) is 3.55. The van der Waals surface area contributed by atoms with E-state index < -0.39 is 0 Å². The van der Waals surface area contributed by atoms with Gasteiger partial charge in [0.2, 0.25) is 0 Å². The number of anilines is 1. The van der Waals surface area contributed by atoms with Crippen LogP contribution in [0.2, 0.25) is 0 Å². The maximum Gasteiger partial charge on any atom is 0.0366 e. The second-order valence-electron chi connectivity index (χ2n) is 6.46. The van der Waals surface area contributed by atoms with Crippen LogP contribution >= 0.6 is 0 Å². The highest BCUT2D eigenvalue weighted by Crippen LogP contribution is 2.27. The molecule has 3 unspecified atom stereocenters. The van der Waals surface area contributed by atoms with Crippen molar-refractivity contribution in [3.05, 3.63) is 29.8 Å². The summed E-state index contributed by atoms with van der Waals surface area (Å²) in [5.41, 5.74) is 2.80. The number of piperidine rings is 1. The Labute approximate surface area is 124 Å². The molecule has 2 nitrogen and oxygen atoms in total. The average molecular weight is 274 g/mol. The predicted molar refractivity (Wildman–Crippen MR) is 88.3 cm³/mol. The minimum atomic E-state index is 0.494. The molecule has 1 aliphatic rings. The smallest absolute Gasteiger partial charge is 0.0366 e. The molecule has 0 saturated carbocycles. The number of nitrogens with one attached hydrogen (secondary N) is 1. The van der Waals surface area contributed by atoms with E-state index in [0.717, 1.165) is 24.8 Å². The molecule has 1 saturated heterocycles. The maximum atomic E-state index is 3.55. The Kier molecular flexibility index (Phi) is 5.47. The van der Waals surface area contributed by atoms with Crippen LogP contribution in [0.3, 0.4) is 0 Å². The van der Waals surface area contributed by atoms with Crippen molar-refractivity contribution in [1.29, 1.82) is 0 Å². The lowest BCUT2D eigenvalue weighted by atomic mass is 9.91. The third-order valence-electron chi connectivity index (χ3n) is 4.39. The van der Waals surface area contributed by atoms with Crippen LogP contribution in [0.25, 0.3) is 0 Å². The third kappa shape index (κ3) is 3.76. The fourth-order valence-corrected chi connectivity index (χ4v) is 3.54. The highest BCUT2D eigenvalue weighted by atomic mass is 15.1. The van der Waals surface area contributed by atoms with E-state index >= 15 is 0 Å². The molecule has 0 aromatic heterocycles. The van der Waals surface area contributed by atoms with Gasteiger partial charge in [0.05, 0.1) is 0 Å². The summed E-state index contributed by atoms with van der Waals surface area (Å²) in [4.78, 5) is 2.55. The van der Waals surface area contributed by atoms with Crippen molar-refractivity contribution in [3.63, 3.8) is 0 Å². The molecule has 0 spiro atoms. The zero-order valence-electron chi connectivity index (χ0n) is 13.5. The summed E-state index contributed by atoms with van der Waals surface area (Å²) >= 11 is 0. The van der Waals surface area contributed by atoms with Crippen molar-refractivity contribution in [2.24, 2.45) is 11.8 Å². The fraction of sp³-hybridized carbons (Fsp3) is 0.667. The summed E-state index contributed by atoms with van der Waals surface area (Å²) in [6, 6.07) is 9.71. The molecule has 1 N–H and O–H groups in total. The molecule has 1 heterocycles. The van der Waals surface area contributed by atoms with E-state index in [0.29, 0.717) is 6.04 Å². The van der Waals surface area contributed by atoms with E-state index in [1.54, 1.807) is 0 Å². The van der Waals surface area contributed by atoms with Gasteiger partial charge in [0.25, 0.3) is 0 Å². The van der Waals surface area contributed by atoms with Gasteiger partial charge in [-0.3, -0.25) is 0 Å². The Morgan fingerprint density at radius 3 is 2.20 bits per heavy atom. The summed E-state index contributed by atoms with van der Waals surface area (Å²) < 4.78 is 0. The molecule has 112 valence electrons. The molecule has 0 amide bonds. The van der Waals surface area contributed by atoms with Crippen molar-refractivity contribution in [3.8, 4) is 0 Å². The molecule has 2 heteroatoms. The summed E-state index contributed by atoms with van der Waals surface area (Å²) in [6.45, 7) is 12.6. The second kappa shape index (κ2) is 7.12. The number of nitrogens with zero attached hydrogens (tertiary/aromatic N) is 1. The molecule has 2 rings (SSSR count). The van der Waals surface area contributed by atoms with E-state index in [-0.39, 0.29) is 0 Å². The van der Waals surface area contributed by atoms with Gasteiger partial charge in [0.1, 0.15) is 0 Å². The predicted octanol–water partition coefficient (Wildman–Crippen LogP) is 4.23. The maximum absolute atomic E-state index is 3.55. The van der Waals surface area contributed by atoms with Crippen molar-refractivity contribution in [1.82, 2.24) is 5.32 Å². The van der Waals surface area contributed by atoms with Gasteiger partial charge >= 0.3 is 0 Å². The minimum Gasteiger partial charge on any atom is -0.371 e. The SMILES string of the molecule is CCNC(CC)c1ccc(N2CC(C)CC(C)C2)cc1. The largest absolute Gasteiger partial charge is 0.371 e. The zero-order valence-corrected chi connectivity index (χ0v) is 13.5. The van der Waals surface area contributed by atoms with Crippen molar-refractivity contribution in [2.75, 3.05) is 24.5 Å². The average Bonchev–Trinajstić information content (AvgIpc) is 2.44. The number of rotatable bonds is 5. The van der Waals surface area contributed by atoms with Crippen LogP contribution in [-0.2, 0) is 0 Å². The van der Waals surface area contributed by atoms with Crippen LogP contribution in [0.1, 0.15) is 52.1 Å². The van der Waals surface area contributed by atoms with Gasteiger partial charge in [-0.2, -0.15) is 0 Å². The Balaban J connectivity index is 2.07. The lowest BCUT2D eigenvalue weighted by Crippen LogP contribution is -2.38. The number of hydrogen-bond donors (Lipinski definition) is 1. The van der Waals surface area contributed by atoms with Gasteiger partial charge in [0, 0.05) is 24.8 Å². The molecule has 1 aromatic carbocycles. The molecule has 20 heavy (non-hydrogen) atoms. The van der Waals surface area contributed by atoms with E-state index in [4.69, 9.17) is 0 Å². The quantitative estimate of drug-likeness (QED) is 0.864. The van der Waals surface area contributed by atoms with Crippen LogP contribution in [0.5, 0.6) is 0 Å². The second-order valence-corrected chi connectivity index (χ2v) is 6.46. The first kappa shape index (κ1) is 15.4. The molecular formula is C18H30N2. The first-order valence-corrected chi connectivity index (χ1v) is 8.22. The molecule has 0 bridgehead atoms. The van der Waals surface area contributed by atoms with Gasteiger partial charge in [0.15, 0.2) is 0 Å². The molecule has 1 aromatic rings. The van der Waals surface area contributed by atoms with Crippen LogP contribution in [0.4, 0.5) is 5.69 Å². The van der Waals surface area contributed by atoms with E-state index in [9.17, 15) is 0 Å². The molecular weight excluding hydrogens is 244 g/mol. The summed E-state index contributed by atoms with van der Waals surface area (Å²) in [7, 11) is 0. The lowest BCUT2D eigenvalue weighted by molar-refractivity contribution is 0.357. The fourth-order valence-electron chi connectivity index (χ4n) is 3.54. The van der Waals surface area contributed by atoms with Crippen LogP contribution in [0, 0.1) is 11.8 Å². The topological polar surface area (TPSA) is 15.3 Å². The Bertz CT molecular complexity index is 388. The van der Waals surface area contributed by atoms with Crippen molar-refractivity contribution < 1.29 is 0 Å². The van der Waals surface area contributed by atoms with E-state index in [1.807, 2.05) is 0 Å². The normalized spacial score (nSPS) is 24.7. The van der Waals surface area contributed by atoms with Crippen LogP contribution < -0.4 is 10.2 Å². The Morgan fingerprint density at radius 1 is 1.10 bits per heavy atom. The molecule has 1 fully saturated rings. The number of benzene rings is 1. The van der Waals surface area contributed by atoms with E-state index in [1.165, 1.54) is 30.8 Å². The molecule has 3 atom stereocenters. The molecule has 0 aliphatic carbocycles. The van der Waals surface area contributed by atoms with Crippen LogP contribution in [-0.4, -0.2) is 19.6 Å². The van der Waals surface area contributed by atoms with Crippen molar-refractivity contribution in [2.45, 2.75) is 46.6 Å². The van der Waals surface area contributed by atoms with E-state index in [2.05, 4.69) is 62.2 Å². The highest BCUT2D eigenvalue weighted by Gasteiger charge is 2.22. The van der Waals surface area contributed by atoms with Crippen molar-refractivity contribution >= 4 is 5.69 Å². The Hall–Kier alpha value is -1.02. The van der Waals surface area contributed by atoms with Gasteiger partial charge in [-0.05, 0) is 48.9 Å². The summed E-state index contributed by atoms with van der Waals surface area (Å²) in [6.07, 6.45) is 2.51. The first-order chi connectivity index (χ1) is 9.63. The molecule has 0 radical (unpaired) electrons. The Morgan fingerprint density at radius 2 is 1.70 bits per heavy atom.